The Morgan fingerprint density at radius 2 is 1.95 bits per heavy atom. The highest BCUT2D eigenvalue weighted by Crippen LogP contribution is 2.38. The standard InChI is InChI=1S/C16H17N3/c1-3-5-10(2)16-18-13-7-4-6-11-12(17)8-9-14(19-16)15(11)13/h3-9,16,18-19H,1,17H2,2H3/b10-5+. The molecule has 1 aliphatic heterocycles. The molecule has 0 aliphatic carbocycles. The fourth-order valence-electron chi connectivity index (χ4n) is 2.53. The summed E-state index contributed by atoms with van der Waals surface area (Å²) in [6.07, 6.45) is 3.89. The average molecular weight is 251 g/mol. The molecule has 1 atom stereocenters. The van der Waals surface area contributed by atoms with E-state index in [2.05, 4.69) is 30.2 Å². The van der Waals surface area contributed by atoms with Crippen LogP contribution in [0.1, 0.15) is 6.92 Å². The molecule has 0 saturated heterocycles. The van der Waals surface area contributed by atoms with Gasteiger partial charge in [-0.15, -0.1) is 0 Å². The van der Waals surface area contributed by atoms with E-state index in [1.807, 2.05) is 30.3 Å². The molecule has 0 saturated carbocycles. The minimum Gasteiger partial charge on any atom is -0.398 e. The molecule has 1 unspecified atom stereocenters. The zero-order valence-corrected chi connectivity index (χ0v) is 10.9. The van der Waals surface area contributed by atoms with E-state index in [1.165, 1.54) is 5.57 Å². The lowest BCUT2D eigenvalue weighted by atomic mass is 10.0. The number of hydrogen-bond acceptors (Lipinski definition) is 3. The Bertz CT molecular complexity index is 673. The highest BCUT2D eigenvalue weighted by atomic mass is 15.1. The van der Waals surface area contributed by atoms with Gasteiger partial charge in [0.25, 0.3) is 0 Å². The highest BCUT2D eigenvalue weighted by molar-refractivity contribution is 6.09. The zero-order valence-electron chi connectivity index (χ0n) is 10.9. The van der Waals surface area contributed by atoms with E-state index in [1.54, 1.807) is 6.08 Å². The van der Waals surface area contributed by atoms with Crippen LogP contribution in [0.3, 0.4) is 0 Å². The third kappa shape index (κ3) is 1.83. The summed E-state index contributed by atoms with van der Waals surface area (Å²) in [5, 5.41) is 9.22. The maximum atomic E-state index is 6.03. The van der Waals surface area contributed by atoms with Crippen LogP contribution < -0.4 is 16.4 Å². The predicted octanol–water partition coefficient (Wildman–Crippen LogP) is 3.72. The summed E-state index contributed by atoms with van der Waals surface area (Å²) >= 11 is 0. The van der Waals surface area contributed by atoms with Crippen molar-refractivity contribution >= 4 is 27.8 Å². The fraction of sp³-hybridized carbons (Fsp3) is 0.125. The number of nitrogens with two attached hydrogens (primary N) is 1. The molecule has 4 N–H and O–H groups in total. The summed E-state index contributed by atoms with van der Waals surface area (Å²) < 4.78 is 0. The van der Waals surface area contributed by atoms with Gasteiger partial charge in [-0.1, -0.05) is 30.9 Å². The third-order valence-electron chi connectivity index (χ3n) is 3.51. The van der Waals surface area contributed by atoms with E-state index in [4.69, 9.17) is 5.73 Å². The third-order valence-corrected chi connectivity index (χ3v) is 3.51. The summed E-state index contributed by atoms with van der Waals surface area (Å²) in [4.78, 5) is 0. The van der Waals surface area contributed by atoms with Crippen LogP contribution in [0.25, 0.3) is 10.8 Å². The topological polar surface area (TPSA) is 50.1 Å². The SMILES string of the molecule is C=C/C=C(\C)C1Nc2cccc3c(N)ccc(c23)N1. The second-order valence-corrected chi connectivity index (χ2v) is 4.80. The largest absolute Gasteiger partial charge is 0.398 e. The van der Waals surface area contributed by atoms with Crippen LogP contribution in [0.15, 0.2) is 54.6 Å². The molecule has 2 aromatic carbocycles. The number of allylic oxidation sites excluding steroid dienone is 2. The minimum absolute atomic E-state index is 0.0831. The Hall–Kier alpha value is -2.42. The Morgan fingerprint density at radius 1 is 1.21 bits per heavy atom. The van der Waals surface area contributed by atoms with E-state index in [0.29, 0.717) is 0 Å². The summed E-state index contributed by atoms with van der Waals surface area (Å²) in [5.41, 5.74) is 10.3. The Morgan fingerprint density at radius 3 is 2.68 bits per heavy atom. The first-order valence-electron chi connectivity index (χ1n) is 6.34. The molecule has 3 rings (SSSR count). The van der Waals surface area contributed by atoms with Gasteiger partial charge in [0.05, 0.1) is 0 Å². The fourth-order valence-corrected chi connectivity index (χ4v) is 2.53. The molecule has 0 amide bonds. The summed E-state index contributed by atoms with van der Waals surface area (Å²) in [7, 11) is 0. The summed E-state index contributed by atoms with van der Waals surface area (Å²) in [5.74, 6) is 0. The van der Waals surface area contributed by atoms with Gasteiger partial charge in [-0.2, -0.15) is 0 Å². The quantitative estimate of drug-likeness (QED) is 0.563. The molecule has 0 aromatic heterocycles. The van der Waals surface area contributed by atoms with Gasteiger partial charge in [-0.05, 0) is 30.7 Å². The second-order valence-electron chi connectivity index (χ2n) is 4.80. The maximum absolute atomic E-state index is 6.03. The number of nitrogen functional groups attached to an aromatic ring is 1. The van der Waals surface area contributed by atoms with Crippen molar-refractivity contribution in [2.45, 2.75) is 13.1 Å². The monoisotopic (exact) mass is 251 g/mol. The van der Waals surface area contributed by atoms with Gasteiger partial charge in [-0.3, -0.25) is 0 Å². The van der Waals surface area contributed by atoms with Crippen molar-refractivity contribution in [2.24, 2.45) is 0 Å². The molecule has 3 nitrogen and oxygen atoms in total. The van der Waals surface area contributed by atoms with Crippen molar-refractivity contribution in [1.82, 2.24) is 0 Å². The van der Waals surface area contributed by atoms with Gasteiger partial charge in [0.2, 0.25) is 0 Å². The van der Waals surface area contributed by atoms with E-state index < -0.39 is 0 Å². The van der Waals surface area contributed by atoms with Crippen LogP contribution in [0, 0.1) is 0 Å². The van der Waals surface area contributed by atoms with Crippen molar-refractivity contribution < 1.29 is 0 Å². The van der Waals surface area contributed by atoms with Gasteiger partial charge in [0.1, 0.15) is 6.17 Å². The molecule has 2 aromatic rings. The van der Waals surface area contributed by atoms with Gasteiger partial charge in [0.15, 0.2) is 0 Å². The molecule has 0 spiro atoms. The number of anilines is 3. The lowest BCUT2D eigenvalue weighted by Crippen LogP contribution is -2.32. The number of benzene rings is 2. The minimum atomic E-state index is 0.0831. The highest BCUT2D eigenvalue weighted by Gasteiger charge is 2.20. The van der Waals surface area contributed by atoms with Crippen molar-refractivity contribution in [2.75, 3.05) is 16.4 Å². The van der Waals surface area contributed by atoms with Crippen molar-refractivity contribution in [3.63, 3.8) is 0 Å². The van der Waals surface area contributed by atoms with Gasteiger partial charge >= 0.3 is 0 Å². The van der Waals surface area contributed by atoms with Crippen LogP contribution in [0.5, 0.6) is 0 Å². The molecule has 1 heterocycles. The molecule has 0 fully saturated rings. The van der Waals surface area contributed by atoms with Gasteiger partial charge in [0, 0.05) is 27.8 Å². The van der Waals surface area contributed by atoms with Crippen LogP contribution in [0.2, 0.25) is 0 Å². The average Bonchev–Trinajstić information content (AvgIpc) is 2.43. The molecular weight excluding hydrogens is 234 g/mol. The van der Waals surface area contributed by atoms with Crippen molar-refractivity contribution in [1.29, 1.82) is 0 Å². The van der Waals surface area contributed by atoms with Crippen LogP contribution >= 0.6 is 0 Å². The molecule has 0 radical (unpaired) electrons. The lowest BCUT2D eigenvalue weighted by molar-refractivity contribution is 0.934. The number of hydrogen-bond donors (Lipinski definition) is 3. The van der Waals surface area contributed by atoms with Gasteiger partial charge in [-0.25, -0.2) is 0 Å². The molecule has 19 heavy (non-hydrogen) atoms. The Kier molecular flexibility index (Phi) is 2.67. The number of rotatable bonds is 2. The molecule has 3 heteroatoms. The maximum Gasteiger partial charge on any atom is 0.119 e. The lowest BCUT2D eigenvalue weighted by Gasteiger charge is -2.30. The Labute approximate surface area is 112 Å². The van der Waals surface area contributed by atoms with E-state index in [9.17, 15) is 0 Å². The van der Waals surface area contributed by atoms with Gasteiger partial charge < -0.3 is 16.4 Å². The first-order valence-corrected chi connectivity index (χ1v) is 6.34. The molecular formula is C16H17N3. The smallest absolute Gasteiger partial charge is 0.119 e. The first-order chi connectivity index (χ1) is 9.20. The molecule has 96 valence electrons. The molecule has 1 aliphatic rings. The Balaban J connectivity index is 2.14. The first kappa shape index (κ1) is 11.7. The van der Waals surface area contributed by atoms with E-state index >= 15 is 0 Å². The predicted molar refractivity (Wildman–Crippen MR) is 83.3 cm³/mol. The van der Waals surface area contributed by atoms with E-state index in [-0.39, 0.29) is 6.17 Å². The summed E-state index contributed by atoms with van der Waals surface area (Å²) in [6.45, 7) is 5.82. The van der Waals surface area contributed by atoms with Crippen LogP contribution in [0.4, 0.5) is 17.1 Å². The van der Waals surface area contributed by atoms with Crippen molar-refractivity contribution in [3.05, 3.63) is 54.6 Å². The molecule has 0 bridgehead atoms. The van der Waals surface area contributed by atoms with Crippen LogP contribution in [-0.4, -0.2) is 6.17 Å². The van der Waals surface area contributed by atoms with E-state index in [0.717, 1.165) is 27.8 Å². The second kappa shape index (κ2) is 4.35. The van der Waals surface area contributed by atoms with Crippen molar-refractivity contribution in [3.8, 4) is 0 Å². The summed E-state index contributed by atoms with van der Waals surface area (Å²) in [6, 6.07) is 10.1. The number of nitrogens with one attached hydrogen (secondary N) is 2. The van der Waals surface area contributed by atoms with Crippen LogP contribution in [-0.2, 0) is 0 Å². The normalized spacial score (nSPS) is 17.7. The zero-order chi connectivity index (χ0) is 13.4.